The summed E-state index contributed by atoms with van der Waals surface area (Å²) in [6, 6.07) is 5.21. The summed E-state index contributed by atoms with van der Waals surface area (Å²) in [5.41, 5.74) is 1.50. The zero-order valence-electron chi connectivity index (χ0n) is 8.83. The number of hydrogen-bond acceptors (Lipinski definition) is 3. The van der Waals surface area contributed by atoms with Crippen LogP contribution in [0, 0.1) is 5.92 Å². The van der Waals surface area contributed by atoms with Gasteiger partial charge in [-0.15, -0.1) is 0 Å². The van der Waals surface area contributed by atoms with E-state index < -0.39 is 11.9 Å². The second-order valence-corrected chi connectivity index (χ2v) is 4.22. The predicted octanol–water partition coefficient (Wildman–Crippen LogP) is 2.26. The van der Waals surface area contributed by atoms with Gasteiger partial charge in [-0.2, -0.15) is 0 Å². The summed E-state index contributed by atoms with van der Waals surface area (Å²) >= 11 is 5.83. The Labute approximate surface area is 98.4 Å². The van der Waals surface area contributed by atoms with Crippen molar-refractivity contribution in [3.05, 3.63) is 34.3 Å². The van der Waals surface area contributed by atoms with Crippen LogP contribution in [0.4, 0.5) is 0 Å². The number of ether oxygens (including phenoxy) is 1. The van der Waals surface area contributed by atoms with Crippen molar-refractivity contribution < 1.29 is 14.3 Å². The van der Waals surface area contributed by atoms with Crippen LogP contribution in [-0.2, 0) is 16.0 Å². The molecule has 1 aromatic carbocycles. The van der Waals surface area contributed by atoms with E-state index in [1.165, 1.54) is 7.11 Å². The maximum atomic E-state index is 12.0. The third-order valence-electron chi connectivity index (χ3n) is 2.84. The fourth-order valence-electron chi connectivity index (χ4n) is 1.98. The molecule has 16 heavy (non-hydrogen) atoms. The maximum Gasteiger partial charge on any atom is 0.316 e. The molecule has 0 saturated carbocycles. The van der Waals surface area contributed by atoms with E-state index in [9.17, 15) is 9.59 Å². The molecule has 3 nitrogen and oxygen atoms in total. The van der Waals surface area contributed by atoms with E-state index in [0.717, 1.165) is 5.56 Å². The summed E-state index contributed by atoms with van der Waals surface area (Å²) in [5, 5.41) is 0.512. The van der Waals surface area contributed by atoms with Crippen molar-refractivity contribution in [2.24, 2.45) is 5.92 Å². The summed E-state index contributed by atoms with van der Waals surface area (Å²) in [7, 11) is 1.29. The van der Waals surface area contributed by atoms with Gasteiger partial charge in [0.2, 0.25) is 0 Å². The van der Waals surface area contributed by atoms with E-state index in [0.29, 0.717) is 23.4 Å². The van der Waals surface area contributed by atoms with Gasteiger partial charge in [-0.1, -0.05) is 17.7 Å². The molecule has 0 aromatic heterocycles. The van der Waals surface area contributed by atoms with Crippen molar-refractivity contribution in [2.75, 3.05) is 7.11 Å². The fourth-order valence-corrected chi connectivity index (χ4v) is 2.15. The Balaban J connectivity index is 2.38. The van der Waals surface area contributed by atoms with Crippen molar-refractivity contribution >= 4 is 23.4 Å². The zero-order valence-corrected chi connectivity index (χ0v) is 9.58. The van der Waals surface area contributed by atoms with Crippen molar-refractivity contribution in [1.82, 2.24) is 0 Å². The number of carbonyl (C=O) groups excluding carboxylic acids is 2. The quantitative estimate of drug-likeness (QED) is 0.557. The summed E-state index contributed by atoms with van der Waals surface area (Å²) < 4.78 is 4.61. The highest BCUT2D eigenvalue weighted by Crippen LogP contribution is 2.28. The molecule has 0 heterocycles. The zero-order chi connectivity index (χ0) is 11.7. The molecule has 0 spiro atoms. The highest BCUT2D eigenvalue weighted by atomic mass is 35.5. The van der Waals surface area contributed by atoms with Crippen LogP contribution in [0.2, 0.25) is 5.02 Å². The number of carbonyl (C=O) groups is 2. The first-order valence-electron chi connectivity index (χ1n) is 5.04. The van der Waals surface area contributed by atoms with E-state index in [4.69, 9.17) is 11.6 Å². The number of esters is 1. The lowest BCUT2D eigenvalue weighted by Gasteiger charge is -2.21. The molecule has 0 fully saturated rings. The lowest BCUT2D eigenvalue weighted by atomic mass is 9.83. The standard InChI is InChI=1S/C12H11ClO3/c1-16-12(15)9-5-3-7-2-4-8(13)6-10(7)11(9)14/h2,4,6,9H,3,5H2,1H3. The molecule has 0 N–H and O–H groups in total. The molecule has 1 atom stereocenters. The van der Waals surface area contributed by atoms with Crippen LogP contribution >= 0.6 is 11.6 Å². The molecule has 2 rings (SSSR count). The second-order valence-electron chi connectivity index (χ2n) is 3.78. The number of rotatable bonds is 1. The number of fused-ring (bicyclic) bond motifs is 1. The SMILES string of the molecule is COC(=O)C1CCc2ccc(Cl)cc2C1=O. The minimum absolute atomic E-state index is 0.185. The Morgan fingerprint density at radius 1 is 1.50 bits per heavy atom. The van der Waals surface area contributed by atoms with Crippen molar-refractivity contribution in [1.29, 1.82) is 0 Å². The Morgan fingerprint density at radius 3 is 2.94 bits per heavy atom. The smallest absolute Gasteiger partial charge is 0.316 e. The van der Waals surface area contributed by atoms with E-state index in [-0.39, 0.29) is 5.78 Å². The van der Waals surface area contributed by atoms with Crippen LogP contribution in [0.1, 0.15) is 22.3 Å². The molecule has 0 aliphatic heterocycles. The molecule has 1 aliphatic carbocycles. The number of benzene rings is 1. The largest absolute Gasteiger partial charge is 0.468 e. The van der Waals surface area contributed by atoms with Crippen LogP contribution in [0.15, 0.2) is 18.2 Å². The Morgan fingerprint density at radius 2 is 2.25 bits per heavy atom. The molecule has 0 amide bonds. The number of ketones is 1. The van der Waals surface area contributed by atoms with Gasteiger partial charge in [0.05, 0.1) is 7.11 Å². The van der Waals surface area contributed by atoms with Gasteiger partial charge in [0.25, 0.3) is 0 Å². The molecular weight excluding hydrogens is 228 g/mol. The fraction of sp³-hybridized carbons (Fsp3) is 0.333. The van der Waals surface area contributed by atoms with Gasteiger partial charge in [-0.05, 0) is 30.5 Å². The van der Waals surface area contributed by atoms with Crippen LogP contribution < -0.4 is 0 Å². The number of Topliss-reactive ketones (excluding diaryl/α,β-unsaturated/α-hetero) is 1. The van der Waals surface area contributed by atoms with Gasteiger partial charge in [-0.25, -0.2) is 0 Å². The molecule has 1 unspecified atom stereocenters. The molecule has 0 bridgehead atoms. The Bertz CT molecular complexity index is 454. The maximum absolute atomic E-state index is 12.0. The first-order chi connectivity index (χ1) is 7.63. The van der Waals surface area contributed by atoms with Gasteiger partial charge in [0.15, 0.2) is 5.78 Å². The van der Waals surface area contributed by atoms with Gasteiger partial charge < -0.3 is 4.74 Å². The van der Waals surface area contributed by atoms with Crippen LogP contribution in [0.3, 0.4) is 0 Å². The lowest BCUT2D eigenvalue weighted by Crippen LogP contribution is -2.30. The average Bonchev–Trinajstić information content (AvgIpc) is 2.29. The topological polar surface area (TPSA) is 43.4 Å². The van der Waals surface area contributed by atoms with E-state index in [1.807, 2.05) is 6.07 Å². The minimum Gasteiger partial charge on any atom is -0.468 e. The minimum atomic E-state index is -0.670. The molecule has 1 aliphatic rings. The number of hydrogen-bond donors (Lipinski definition) is 0. The van der Waals surface area contributed by atoms with Gasteiger partial charge in [0.1, 0.15) is 5.92 Å². The monoisotopic (exact) mass is 238 g/mol. The van der Waals surface area contributed by atoms with Crippen molar-refractivity contribution in [3.63, 3.8) is 0 Å². The van der Waals surface area contributed by atoms with Crippen molar-refractivity contribution in [2.45, 2.75) is 12.8 Å². The van der Waals surface area contributed by atoms with Crippen molar-refractivity contribution in [3.8, 4) is 0 Å². The van der Waals surface area contributed by atoms with Crippen LogP contribution in [0.5, 0.6) is 0 Å². The number of aryl methyl sites for hydroxylation is 1. The first kappa shape index (κ1) is 11.1. The summed E-state index contributed by atoms with van der Waals surface area (Å²) in [6.45, 7) is 0. The van der Waals surface area contributed by atoms with E-state index in [2.05, 4.69) is 4.74 Å². The third kappa shape index (κ3) is 1.83. The van der Waals surface area contributed by atoms with Gasteiger partial charge in [-0.3, -0.25) is 9.59 Å². The molecule has 0 radical (unpaired) electrons. The third-order valence-corrected chi connectivity index (χ3v) is 3.08. The highest BCUT2D eigenvalue weighted by Gasteiger charge is 2.33. The second kappa shape index (κ2) is 4.26. The first-order valence-corrected chi connectivity index (χ1v) is 5.41. The Hall–Kier alpha value is -1.35. The molecule has 84 valence electrons. The predicted molar refractivity (Wildman–Crippen MR) is 59.6 cm³/mol. The number of methoxy groups -OCH3 is 1. The molecule has 0 saturated heterocycles. The average molecular weight is 239 g/mol. The summed E-state index contributed by atoms with van der Waals surface area (Å²) in [4.78, 5) is 23.4. The summed E-state index contributed by atoms with van der Waals surface area (Å²) in [6.07, 6.45) is 1.22. The molecule has 4 heteroatoms. The lowest BCUT2D eigenvalue weighted by molar-refractivity contribution is -0.143. The molecular formula is C12H11ClO3. The van der Waals surface area contributed by atoms with Crippen LogP contribution in [-0.4, -0.2) is 18.9 Å². The van der Waals surface area contributed by atoms with E-state index in [1.54, 1.807) is 12.1 Å². The Kier molecular flexibility index (Phi) is 2.97. The van der Waals surface area contributed by atoms with Gasteiger partial charge in [0, 0.05) is 10.6 Å². The normalized spacial score (nSPS) is 19.1. The van der Waals surface area contributed by atoms with Gasteiger partial charge >= 0.3 is 5.97 Å². The van der Waals surface area contributed by atoms with Crippen LogP contribution in [0.25, 0.3) is 0 Å². The molecule has 1 aromatic rings. The summed E-state index contributed by atoms with van der Waals surface area (Å²) in [5.74, 6) is -1.32. The highest BCUT2D eigenvalue weighted by molar-refractivity contribution is 6.31. The van der Waals surface area contributed by atoms with E-state index >= 15 is 0 Å². The number of halogens is 1.